The Hall–Kier alpha value is -1.50. The lowest BCUT2D eigenvalue weighted by Gasteiger charge is -1.95. The lowest BCUT2D eigenvalue weighted by atomic mass is 10.3. The third-order valence-electron chi connectivity index (χ3n) is 2.55. The summed E-state index contributed by atoms with van der Waals surface area (Å²) < 4.78 is 4.00. The molecule has 1 aromatic carbocycles. The molecule has 0 fully saturated rings. The van der Waals surface area contributed by atoms with Crippen LogP contribution in [-0.2, 0) is 7.05 Å². The molecule has 4 nitrogen and oxygen atoms in total. The van der Waals surface area contributed by atoms with E-state index in [1.165, 1.54) is 0 Å². The highest BCUT2D eigenvalue weighted by Crippen LogP contribution is 2.12. The van der Waals surface area contributed by atoms with Gasteiger partial charge in [0.05, 0.1) is 13.2 Å². The summed E-state index contributed by atoms with van der Waals surface area (Å²) in [6, 6.07) is 10.1. The molecular weight excluding hydrogens is 327 g/mol. The van der Waals surface area contributed by atoms with Gasteiger partial charge in [-0.1, -0.05) is 18.2 Å². The van der Waals surface area contributed by atoms with Gasteiger partial charge >= 0.3 is 5.65 Å². The monoisotopic (exact) mass is 338 g/mol. The molecule has 86 valence electrons. The highest BCUT2D eigenvalue weighted by molar-refractivity contribution is 5.64. The van der Waals surface area contributed by atoms with Crippen molar-refractivity contribution in [1.82, 2.24) is 14.5 Å². The van der Waals surface area contributed by atoms with Crippen LogP contribution in [0.4, 0.5) is 0 Å². The first-order valence-electron chi connectivity index (χ1n) is 5.09. The van der Waals surface area contributed by atoms with Crippen molar-refractivity contribution < 1.29 is 28.5 Å². The first-order valence-corrected chi connectivity index (χ1v) is 5.09. The third kappa shape index (κ3) is 2.02. The average molecular weight is 338 g/mol. The molecule has 0 atom stereocenters. The van der Waals surface area contributed by atoms with Gasteiger partial charge in [0.15, 0.2) is 6.33 Å². The van der Waals surface area contributed by atoms with Gasteiger partial charge in [-0.15, -0.1) is 4.98 Å². The molecule has 0 spiro atoms. The predicted molar refractivity (Wildman–Crippen MR) is 60.0 cm³/mol. The highest BCUT2D eigenvalue weighted by Gasteiger charge is 2.15. The average Bonchev–Trinajstić information content (AvgIpc) is 2.69. The molecule has 3 aromatic rings. The third-order valence-corrected chi connectivity index (χ3v) is 2.55. The summed E-state index contributed by atoms with van der Waals surface area (Å²) in [6.07, 6.45) is 5.40. The summed E-state index contributed by atoms with van der Waals surface area (Å²) in [5, 5.41) is 0. The largest absolute Gasteiger partial charge is 1.00 e. The van der Waals surface area contributed by atoms with Crippen molar-refractivity contribution in [2.24, 2.45) is 7.05 Å². The molecule has 5 heteroatoms. The van der Waals surface area contributed by atoms with Crippen LogP contribution in [0.15, 0.2) is 49.1 Å². The molecule has 0 aliphatic heterocycles. The second kappa shape index (κ2) is 4.79. The number of para-hydroxylation sites is 1. The smallest absolute Gasteiger partial charge is 0.322 e. The molecular formula is C12H11IN4. The van der Waals surface area contributed by atoms with E-state index in [1.54, 1.807) is 12.4 Å². The quantitative estimate of drug-likeness (QED) is 0.390. The highest BCUT2D eigenvalue weighted by atomic mass is 127. The number of imidazole rings is 1. The van der Waals surface area contributed by atoms with Crippen molar-refractivity contribution in [3.8, 4) is 5.69 Å². The molecule has 0 amide bonds. The molecule has 0 aliphatic rings. The van der Waals surface area contributed by atoms with Gasteiger partial charge < -0.3 is 24.0 Å². The number of hydrogen-bond acceptors (Lipinski definition) is 2. The van der Waals surface area contributed by atoms with Crippen LogP contribution in [-0.4, -0.2) is 14.5 Å². The van der Waals surface area contributed by atoms with Gasteiger partial charge in [-0.2, -0.15) is 0 Å². The van der Waals surface area contributed by atoms with Crippen LogP contribution in [0.1, 0.15) is 0 Å². The van der Waals surface area contributed by atoms with Crippen molar-refractivity contribution >= 4 is 11.3 Å². The zero-order valence-electron chi connectivity index (χ0n) is 9.29. The Kier molecular flexibility index (Phi) is 3.37. The number of hydrogen-bond donors (Lipinski definition) is 0. The van der Waals surface area contributed by atoms with Gasteiger partial charge in [0, 0.05) is 0 Å². The molecule has 0 unspecified atom stereocenters. The number of benzene rings is 1. The fourth-order valence-corrected chi connectivity index (χ4v) is 1.80. The van der Waals surface area contributed by atoms with E-state index in [1.807, 2.05) is 52.8 Å². The molecule has 2 heterocycles. The van der Waals surface area contributed by atoms with Crippen LogP contribution < -0.4 is 28.5 Å². The van der Waals surface area contributed by atoms with Gasteiger partial charge in [0.2, 0.25) is 0 Å². The fraction of sp³-hybridized carbons (Fsp3) is 0.0833. The Labute approximate surface area is 116 Å². The topological polar surface area (TPSA) is 34.6 Å². The van der Waals surface area contributed by atoms with Gasteiger partial charge in [-0.25, -0.2) is 14.1 Å². The van der Waals surface area contributed by atoms with E-state index in [0.717, 1.165) is 17.0 Å². The maximum absolute atomic E-state index is 4.36. The number of halogens is 1. The number of rotatable bonds is 1. The van der Waals surface area contributed by atoms with Crippen LogP contribution in [0.5, 0.6) is 0 Å². The van der Waals surface area contributed by atoms with E-state index in [-0.39, 0.29) is 24.0 Å². The van der Waals surface area contributed by atoms with Crippen molar-refractivity contribution in [2.45, 2.75) is 0 Å². The Bertz CT molecular complexity index is 633. The molecule has 17 heavy (non-hydrogen) atoms. The molecule has 0 aliphatic carbocycles. The molecule has 0 N–H and O–H groups in total. The molecule has 3 rings (SSSR count). The number of aromatic nitrogens is 4. The minimum atomic E-state index is 0. The number of nitrogens with zero attached hydrogens (tertiary/aromatic N) is 4. The van der Waals surface area contributed by atoms with Crippen molar-refractivity contribution in [1.29, 1.82) is 0 Å². The van der Waals surface area contributed by atoms with E-state index < -0.39 is 0 Å². The Balaban J connectivity index is 0.00000108. The van der Waals surface area contributed by atoms with E-state index in [9.17, 15) is 0 Å². The number of aryl methyl sites for hydroxylation is 1. The Morgan fingerprint density at radius 3 is 2.53 bits per heavy atom. The lowest BCUT2D eigenvalue weighted by Crippen LogP contribution is -3.00. The summed E-state index contributed by atoms with van der Waals surface area (Å²) in [6.45, 7) is 0. The van der Waals surface area contributed by atoms with E-state index >= 15 is 0 Å². The summed E-state index contributed by atoms with van der Waals surface area (Å²) in [7, 11) is 1.97. The van der Waals surface area contributed by atoms with Crippen LogP contribution in [0, 0.1) is 0 Å². The van der Waals surface area contributed by atoms with Crippen molar-refractivity contribution in [2.75, 3.05) is 0 Å². The minimum absolute atomic E-state index is 0. The van der Waals surface area contributed by atoms with Crippen molar-refractivity contribution in [3.63, 3.8) is 0 Å². The van der Waals surface area contributed by atoms with E-state index in [2.05, 4.69) is 9.97 Å². The molecule has 0 saturated carbocycles. The summed E-state index contributed by atoms with van der Waals surface area (Å²) in [4.78, 5) is 8.66. The summed E-state index contributed by atoms with van der Waals surface area (Å²) >= 11 is 0. The predicted octanol–water partition coefficient (Wildman–Crippen LogP) is -1.75. The molecule has 0 radical (unpaired) electrons. The van der Waals surface area contributed by atoms with Crippen LogP contribution >= 0.6 is 0 Å². The fourth-order valence-electron chi connectivity index (χ4n) is 1.80. The Morgan fingerprint density at radius 2 is 1.76 bits per heavy atom. The Morgan fingerprint density at radius 1 is 1.06 bits per heavy atom. The minimum Gasteiger partial charge on any atom is -1.00 e. The second-order valence-corrected chi connectivity index (χ2v) is 3.64. The van der Waals surface area contributed by atoms with Crippen LogP contribution in [0.2, 0.25) is 0 Å². The molecule has 0 saturated heterocycles. The van der Waals surface area contributed by atoms with Crippen LogP contribution in [0.25, 0.3) is 17.0 Å². The zero-order chi connectivity index (χ0) is 11.0. The lowest BCUT2D eigenvalue weighted by molar-refractivity contribution is -0.647. The molecule has 0 bridgehead atoms. The maximum Gasteiger partial charge on any atom is 0.322 e. The SMILES string of the molecule is C[n+]1cn(-c2ccccc2)c2nccnc21.[I-]. The van der Waals surface area contributed by atoms with Crippen LogP contribution in [0.3, 0.4) is 0 Å². The van der Waals surface area contributed by atoms with Gasteiger partial charge in [-0.05, 0) is 12.1 Å². The molecule has 2 aromatic heterocycles. The summed E-state index contributed by atoms with van der Waals surface area (Å²) in [5.74, 6) is 0. The van der Waals surface area contributed by atoms with Gasteiger partial charge in [-0.3, -0.25) is 0 Å². The normalized spacial score (nSPS) is 10.2. The van der Waals surface area contributed by atoms with Gasteiger partial charge in [0.25, 0.3) is 5.65 Å². The second-order valence-electron chi connectivity index (χ2n) is 3.64. The first-order chi connectivity index (χ1) is 7.86. The maximum atomic E-state index is 4.36. The zero-order valence-corrected chi connectivity index (χ0v) is 11.4. The van der Waals surface area contributed by atoms with E-state index in [4.69, 9.17) is 0 Å². The van der Waals surface area contributed by atoms with Gasteiger partial charge in [0.1, 0.15) is 11.9 Å². The summed E-state index contributed by atoms with van der Waals surface area (Å²) in [5.41, 5.74) is 2.84. The first kappa shape index (κ1) is 12.0. The van der Waals surface area contributed by atoms with Crippen molar-refractivity contribution in [3.05, 3.63) is 49.1 Å². The van der Waals surface area contributed by atoms with E-state index in [0.29, 0.717) is 0 Å². The number of fused-ring (bicyclic) bond motifs is 1. The standard InChI is InChI=1S/C12H11N4.HI/c1-15-9-16(10-5-3-2-4-6-10)12-11(15)13-7-8-14-12;/h2-9H,1H3;1H/q+1;/p-1.